The van der Waals surface area contributed by atoms with Crippen molar-refractivity contribution in [3.05, 3.63) is 95.1 Å². The van der Waals surface area contributed by atoms with E-state index in [4.69, 9.17) is 14.7 Å². The maximum absolute atomic E-state index is 13.2. The van der Waals surface area contributed by atoms with E-state index in [0.29, 0.717) is 28.1 Å². The third kappa shape index (κ3) is 4.48. The highest BCUT2D eigenvalue weighted by Gasteiger charge is 2.47. The lowest BCUT2D eigenvalue weighted by Crippen LogP contribution is -2.29. The van der Waals surface area contributed by atoms with Gasteiger partial charge < -0.3 is 14.6 Å². The summed E-state index contributed by atoms with van der Waals surface area (Å²) in [6, 6.07) is 20.0. The first kappa shape index (κ1) is 23.3. The molecule has 1 heterocycles. The van der Waals surface area contributed by atoms with Crippen molar-refractivity contribution in [3.63, 3.8) is 0 Å². The van der Waals surface area contributed by atoms with Crippen LogP contribution in [0, 0.1) is 11.3 Å². The number of ketones is 1. The highest BCUT2D eigenvalue weighted by atomic mass is 16.5. The number of nitriles is 1. The Morgan fingerprint density at radius 3 is 2.29 bits per heavy atom. The molecule has 1 N–H and O–H groups in total. The van der Waals surface area contributed by atoms with Crippen LogP contribution >= 0.6 is 0 Å². The molecule has 3 aromatic rings. The number of aliphatic hydroxyl groups excluding tert-OH is 1. The fourth-order valence-corrected chi connectivity index (χ4v) is 3.93. The van der Waals surface area contributed by atoms with Gasteiger partial charge in [0.2, 0.25) is 0 Å². The van der Waals surface area contributed by atoms with E-state index in [0.717, 1.165) is 0 Å². The predicted octanol–water partition coefficient (Wildman–Crippen LogP) is 4.12. The summed E-state index contributed by atoms with van der Waals surface area (Å²) in [5, 5.41) is 20.3. The van der Waals surface area contributed by atoms with Gasteiger partial charge in [-0.15, -0.1) is 0 Å². The lowest BCUT2D eigenvalue weighted by atomic mass is 9.95. The van der Waals surface area contributed by atoms with Gasteiger partial charge >= 0.3 is 5.97 Å². The van der Waals surface area contributed by atoms with Gasteiger partial charge in [-0.05, 0) is 66.2 Å². The van der Waals surface area contributed by atoms with Gasteiger partial charge in [-0.3, -0.25) is 19.3 Å². The molecule has 8 heteroatoms. The normalized spacial score (nSPS) is 16.6. The van der Waals surface area contributed by atoms with Crippen LogP contribution in [0.4, 0.5) is 5.69 Å². The molecular formula is C27H20N2O6. The maximum atomic E-state index is 13.2. The van der Waals surface area contributed by atoms with Crippen molar-refractivity contribution >= 4 is 29.1 Å². The number of hydrogen-bond donors (Lipinski definition) is 1. The molecular weight excluding hydrogens is 448 g/mol. The van der Waals surface area contributed by atoms with Crippen LogP contribution in [0.15, 0.2) is 78.4 Å². The second kappa shape index (κ2) is 9.53. The number of anilines is 1. The van der Waals surface area contributed by atoms with Gasteiger partial charge in [0.15, 0.2) is 0 Å². The minimum absolute atomic E-state index is 0.121. The highest BCUT2D eigenvalue weighted by Crippen LogP contribution is 2.43. The van der Waals surface area contributed by atoms with Gasteiger partial charge in [-0.2, -0.15) is 5.26 Å². The lowest BCUT2D eigenvalue weighted by molar-refractivity contribution is -0.132. The molecule has 1 fully saturated rings. The van der Waals surface area contributed by atoms with Crippen molar-refractivity contribution in [2.75, 3.05) is 12.0 Å². The first-order chi connectivity index (χ1) is 16.8. The number of carbonyl (C=O) groups is 3. The molecule has 0 radical (unpaired) electrons. The first-order valence-corrected chi connectivity index (χ1v) is 10.6. The minimum atomic E-state index is -1.01. The third-order valence-corrected chi connectivity index (χ3v) is 5.52. The molecule has 174 valence electrons. The number of nitrogens with zero attached hydrogens (tertiary/aromatic N) is 2. The molecule has 0 spiro atoms. The third-order valence-electron chi connectivity index (χ3n) is 5.52. The summed E-state index contributed by atoms with van der Waals surface area (Å²) in [5.41, 5.74) is 1.40. The topological polar surface area (TPSA) is 117 Å². The summed E-state index contributed by atoms with van der Waals surface area (Å²) in [6.07, 6.45) is 0. The summed E-state index contributed by atoms with van der Waals surface area (Å²) in [4.78, 5) is 39.2. The summed E-state index contributed by atoms with van der Waals surface area (Å²) in [5.74, 6) is -1.81. The average Bonchev–Trinajstić information content (AvgIpc) is 3.13. The molecule has 0 saturated carbocycles. The molecule has 0 aliphatic carbocycles. The van der Waals surface area contributed by atoms with E-state index in [2.05, 4.69) is 0 Å². The summed E-state index contributed by atoms with van der Waals surface area (Å²) < 4.78 is 10.3. The Kier molecular flexibility index (Phi) is 6.34. The van der Waals surface area contributed by atoms with Crippen molar-refractivity contribution in [3.8, 4) is 17.6 Å². The Balaban J connectivity index is 1.91. The van der Waals surface area contributed by atoms with Crippen LogP contribution in [0.2, 0.25) is 0 Å². The Morgan fingerprint density at radius 2 is 1.69 bits per heavy atom. The largest absolute Gasteiger partial charge is 0.507 e. The van der Waals surface area contributed by atoms with E-state index in [1.165, 1.54) is 37.1 Å². The number of benzene rings is 3. The zero-order valence-corrected chi connectivity index (χ0v) is 18.9. The number of aliphatic hydroxyl groups is 1. The standard InChI is InChI=1S/C27H20N2O6/c1-16(30)35-22-5-3-4-19(14-22)24-23(25(31)18-8-12-21(34-2)13-9-18)26(32)27(33)29(24)20-10-6-17(15-28)7-11-20/h3-14,24,31H,1-2H3/b25-23-. The second-order valence-electron chi connectivity index (χ2n) is 7.72. The fraction of sp³-hybridized carbons (Fsp3) is 0.111. The maximum Gasteiger partial charge on any atom is 0.308 e. The van der Waals surface area contributed by atoms with Crippen LogP contribution in [0.3, 0.4) is 0 Å². The number of esters is 1. The van der Waals surface area contributed by atoms with Crippen LogP contribution in [-0.2, 0) is 14.4 Å². The van der Waals surface area contributed by atoms with Crippen molar-refractivity contribution in [1.82, 2.24) is 0 Å². The Morgan fingerprint density at radius 1 is 1.00 bits per heavy atom. The van der Waals surface area contributed by atoms with Crippen LogP contribution < -0.4 is 14.4 Å². The Bertz CT molecular complexity index is 1380. The first-order valence-electron chi connectivity index (χ1n) is 10.6. The molecule has 8 nitrogen and oxygen atoms in total. The zero-order chi connectivity index (χ0) is 25.1. The molecule has 35 heavy (non-hydrogen) atoms. The molecule has 4 rings (SSSR count). The van der Waals surface area contributed by atoms with E-state index in [1.807, 2.05) is 6.07 Å². The van der Waals surface area contributed by atoms with Gasteiger partial charge in [0.1, 0.15) is 17.3 Å². The number of methoxy groups -OCH3 is 1. The van der Waals surface area contributed by atoms with Gasteiger partial charge in [0, 0.05) is 18.2 Å². The number of Topliss-reactive ketones (excluding diaryl/α,β-unsaturated/α-hetero) is 1. The monoisotopic (exact) mass is 468 g/mol. The Labute approximate surface area is 201 Å². The van der Waals surface area contributed by atoms with Crippen LogP contribution in [-0.4, -0.2) is 29.9 Å². The molecule has 1 saturated heterocycles. The van der Waals surface area contributed by atoms with Crippen molar-refractivity contribution in [2.24, 2.45) is 0 Å². The number of carbonyl (C=O) groups excluding carboxylic acids is 3. The highest BCUT2D eigenvalue weighted by molar-refractivity contribution is 6.51. The number of ether oxygens (including phenoxy) is 2. The number of hydrogen-bond acceptors (Lipinski definition) is 7. The van der Waals surface area contributed by atoms with Crippen LogP contribution in [0.1, 0.15) is 29.7 Å². The van der Waals surface area contributed by atoms with Crippen molar-refractivity contribution in [1.29, 1.82) is 5.26 Å². The van der Waals surface area contributed by atoms with Gasteiger partial charge in [0.05, 0.1) is 30.4 Å². The molecule has 1 amide bonds. The summed E-state index contributed by atoms with van der Waals surface area (Å²) >= 11 is 0. The minimum Gasteiger partial charge on any atom is -0.507 e. The molecule has 1 aliphatic rings. The van der Waals surface area contributed by atoms with Crippen molar-refractivity contribution in [2.45, 2.75) is 13.0 Å². The molecule has 1 aliphatic heterocycles. The van der Waals surface area contributed by atoms with Gasteiger partial charge in [-0.1, -0.05) is 12.1 Å². The second-order valence-corrected chi connectivity index (χ2v) is 7.72. The quantitative estimate of drug-likeness (QED) is 0.197. The SMILES string of the molecule is COc1ccc(/C(O)=C2/C(=O)C(=O)N(c3ccc(C#N)cc3)C2c2cccc(OC(C)=O)c2)cc1. The smallest absolute Gasteiger partial charge is 0.308 e. The lowest BCUT2D eigenvalue weighted by Gasteiger charge is -2.25. The van der Waals surface area contributed by atoms with E-state index in [9.17, 15) is 19.5 Å². The summed E-state index contributed by atoms with van der Waals surface area (Å²) in [7, 11) is 1.51. The summed E-state index contributed by atoms with van der Waals surface area (Å²) in [6.45, 7) is 1.26. The average molecular weight is 468 g/mol. The number of rotatable bonds is 5. The Hall–Kier alpha value is -4.90. The van der Waals surface area contributed by atoms with E-state index >= 15 is 0 Å². The van der Waals surface area contributed by atoms with Gasteiger partial charge in [0.25, 0.3) is 11.7 Å². The fourth-order valence-electron chi connectivity index (χ4n) is 3.93. The van der Waals surface area contributed by atoms with Crippen LogP contribution in [0.5, 0.6) is 11.5 Å². The predicted molar refractivity (Wildman–Crippen MR) is 127 cm³/mol. The van der Waals surface area contributed by atoms with E-state index < -0.39 is 23.7 Å². The number of amides is 1. The van der Waals surface area contributed by atoms with Crippen molar-refractivity contribution < 1.29 is 29.0 Å². The van der Waals surface area contributed by atoms with Gasteiger partial charge in [-0.25, -0.2) is 0 Å². The molecule has 3 aromatic carbocycles. The molecule has 1 atom stereocenters. The van der Waals surface area contributed by atoms with Crippen LogP contribution in [0.25, 0.3) is 5.76 Å². The van der Waals surface area contributed by atoms with E-state index in [1.54, 1.807) is 54.6 Å². The zero-order valence-electron chi connectivity index (χ0n) is 18.9. The molecule has 0 bridgehead atoms. The molecule has 1 unspecified atom stereocenters. The molecule has 0 aromatic heterocycles. The van der Waals surface area contributed by atoms with E-state index in [-0.39, 0.29) is 17.1 Å².